The molecular formula is C8H14N4O. The van der Waals surface area contributed by atoms with Crippen LogP contribution in [0.2, 0.25) is 0 Å². The number of methoxy groups -OCH3 is 1. The lowest BCUT2D eigenvalue weighted by Crippen LogP contribution is -2.11. The van der Waals surface area contributed by atoms with Gasteiger partial charge in [0.05, 0.1) is 12.3 Å². The topological polar surface area (TPSA) is 73.1 Å². The zero-order chi connectivity index (χ0) is 9.52. The van der Waals surface area contributed by atoms with Crippen molar-refractivity contribution in [2.45, 2.75) is 6.54 Å². The van der Waals surface area contributed by atoms with Crippen LogP contribution in [0.25, 0.3) is 0 Å². The number of rotatable bonds is 5. The van der Waals surface area contributed by atoms with E-state index in [1.165, 1.54) is 0 Å². The predicted molar refractivity (Wildman–Crippen MR) is 50.3 cm³/mol. The van der Waals surface area contributed by atoms with E-state index in [1.807, 2.05) is 0 Å². The van der Waals surface area contributed by atoms with Gasteiger partial charge in [0.1, 0.15) is 0 Å². The molecule has 72 valence electrons. The summed E-state index contributed by atoms with van der Waals surface area (Å²) in [6, 6.07) is 1.79. The fraction of sp³-hybridized carbons (Fsp3) is 0.500. The highest BCUT2D eigenvalue weighted by atomic mass is 16.5. The van der Waals surface area contributed by atoms with Gasteiger partial charge >= 0.3 is 0 Å². The van der Waals surface area contributed by atoms with Crippen molar-refractivity contribution >= 4 is 5.95 Å². The van der Waals surface area contributed by atoms with Crippen LogP contribution < -0.4 is 11.1 Å². The molecule has 0 spiro atoms. The Bertz CT molecular complexity index is 254. The van der Waals surface area contributed by atoms with Gasteiger partial charge in [0.15, 0.2) is 0 Å². The van der Waals surface area contributed by atoms with Crippen LogP contribution in [0.1, 0.15) is 5.69 Å². The second kappa shape index (κ2) is 5.45. The van der Waals surface area contributed by atoms with Crippen molar-refractivity contribution in [2.24, 2.45) is 5.73 Å². The first-order valence-electron chi connectivity index (χ1n) is 4.11. The summed E-state index contributed by atoms with van der Waals surface area (Å²) >= 11 is 0. The molecule has 5 nitrogen and oxygen atoms in total. The molecule has 0 aliphatic rings. The molecule has 0 amide bonds. The Hall–Kier alpha value is -1.20. The minimum absolute atomic E-state index is 0.432. The van der Waals surface area contributed by atoms with Crippen LogP contribution in [0.3, 0.4) is 0 Å². The number of nitrogens with two attached hydrogens (primary N) is 1. The van der Waals surface area contributed by atoms with Crippen molar-refractivity contribution in [3.63, 3.8) is 0 Å². The number of nitrogens with zero attached hydrogens (tertiary/aromatic N) is 2. The van der Waals surface area contributed by atoms with Gasteiger partial charge in [-0.05, 0) is 6.07 Å². The van der Waals surface area contributed by atoms with Crippen LogP contribution in [-0.2, 0) is 11.3 Å². The van der Waals surface area contributed by atoms with Gasteiger partial charge in [0.2, 0.25) is 5.95 Å². The molecule has 3 N–H and O–H groups in total. The van der Waals surface area contributed by atoms with Crippen LogP contribution in [0, 0.1) is 0 Å². The number of anilines is 1. The van der Waals surface area contributed by atoms with E-state index in [2.05, 4.69) is 15.3 Å². The third-order valence-corrected chi connectivity index (χ3v) is 1.51. The average Bonchev–Trinajstić information content (AvgIpc) is 2.19. The van der Waals surface area contributed by atoms with Crippen molar-refractivity contribution in [1.82, 2.24) is 9.97 Å². The van der Waals surface area contributed by atoms with Gasteiger partial charge in [-0.15, -0.1) is 0 Å². The highest BCUT2D eigenvalue weighted by molar-refractivity contribution is 5.24. The Balaban J connectivity index is 2.46. The number of nitrogens with one attached hydrogen (secondary N) is 1. The van der Waals surface area contributed by atoms with Gasteiger partial charge in [0, 0.05) is 26.4 Å². The molecule has 0 aliphatic carbocycles. The first-order chi connectivity index (χ1) is 6.36. The maximum atomic E-state index is 5.43. The van der Waals surface area contributed by atoms with Crippen LogP contribution in [0.15, 0.2) is 12.3 Å². The van der Waals surface area contributed by atoms with E-state index in [9.17, 15) is 0 Å². The lowest BCUT2D eigenvalue weighted by atomic mass is 10.4. The minimum atomic E-state index is 0.432. The quantitative estimate of drug-likeness (QED) is 0.627. The van der Waals surface area contributed by atoms with Crippen LogP contribution in [0.4, 0.5) is 5.95 Å². The molecular weight excluding hydrogens is 168 g/mol. The molecule has 0 bridgehead atoms. The van der Waals surface area contributed by atoms with Crippen molar-refractivity contribution < 1.29 is 4.74 Å². The van der Waals surface area contributed by atoms with Gasteiger partial charge in [-0.2, -0.15) is 0 Å². The molecule has 0 atom stereocenters. The summed E-state index contributed by atoms with van der Waals surface area (Å²) in [5.74, 6) is 0.597. The van der Waals surface area contributed by atoms with E-state index in [1.54, 1.807) is 19.4 Å². The van der Waals surface area contributed by atoms with E-state index in [-0.39, 0.29) is 0 Å². The monoisotopic (exact) mass is 182 g/mol. The van der Waals surface area contributed by atoms with Gasteiger partial charge in [-0.3, -0.25) is 0 Å². The maximum Gasteiger partial charge on any atom is 0.222 e. The van der Waals surface area contributed by atoms with Crippen LogP contribution in [-0.4, -0.2) is 30.2 Å². The SMILES string of the molecule is COCCNc1nccc(CN)n1. The molecule has 0 saturated heterocycles. The Kier molecular flexibility index (Phi) is 4.14. The van der Waals surface area contributed by atoms with Gasteiger partial charge in [-0.25, -0.2) is 9.97 Å². The number of hydrogen-bond acceptors (Lipinski definition) is 5. The summed E-state index contributed by atoms with van der Waals surface area (Å²) in [5, 5.41) is 3.02. The molecule has 0 aromatic carbocycles. The normalized spacial score (nSPS) is 10.0. The fourth-order valence-electron chi connectivity index (χ4n) is 0.860. The molecule has 13 heavy (non-hydrogen) atoms. The molecule has 1 aromatic heterocycles. The number of hydrogen-bond donors (Lipinski definition) is 2. The molecule has 0 radical (unpaired) electrons. The first-order valence-corrected chi connectivity index (χ1v) is 4.11. The zero-order valence-corrected chi connectivity index (χ0v) is 7.66. The molecule has 5 heteroatoms. The van der Waals surface area contributed by atoms with Crippen molar-refractivity contribution in [2.75, 3.05) is 25.6 Å². The number of ether oxygens (including phenoxy) is 1. The molecule has 0 aliphatic heterocycles. The van der Waals surface area contributed by atoms with E-state index in [0.29, 0.717) is 25.6 Å². The summed E-state index contributed by atoms with van der Waals surface area (Å²) in [4.78, 5) is 8.19. The fourth-order valence-corrected chi connectivity index (χ4v) is 0.860. The molecule has 1 aromatic rings. The largest absolute Gasteiger partial charge is 0.383 e. The highest BCUT2D eigenvalue weighted by Crippen LogP contribution is 1.98. The van der Waals surface area contributed by atoms with Crippen LogP contribution >= 0.6 is 0 Å². The summed E-state index contributed by atoms with van der Waals surface area (Å²) in [5.41, 5.74) is 6.26. The lowest BCUT2D eigenvalue weighted by Gasteiger charge is -2.04. The second-order valence-corrected chi connectivity index (χ2v) is 2.50. The van der Waals surface area contributed by atoms with Gasteiger partial charge in [0.25, 0.3) is 0 Å². The Morgan fingerprint density at radius 2 is 2.46 bits per heavy atom. The minimum Gasteiger partial charge on any atom is -0.383 e. The lowest BCUT2D eigenvalue weighted by molar-refractivity contribution is 0.210. The van der Waals surface area contributed by atoms with Crippen molar-refractivity contribution in [1.29, 1.82) is 0 Å². The summed E-state index contributed by atoms with van der Waals surface area (Å²) in [6.07, 6.45) is 1.68. The average molecular weight is 182 g/mol. The standard InChI is InChI=1S/C8H14N4O/c1-13-5-4-11-8-10-3-2-7(6-9)12-8/h2-3H,4-6,9H2,1H3,(H,10,11,12). The van der Waals surface area contributed by atoms with E-state index >= 15 is 0 Å². The number of aromatic nitrogens is 2. The zero-order valence-electron chi connectivity index (χ0n) is 7.66. The highest BCUT2D eigenvalue weighted by Gasteiger charge is 1.95. The molecule has 0 saturated carbocycles. The smallest absolute Gasteiger partial charge is 0.222 e. The van der Waals surface area contributed by atoms with Crippen molar-refractivity contribution in [3.05, 3.63) is 18.0 Å². The third kappa shape index (κ3) is 3.35. The summed E-state index contributed by atoms with van der Waals surface area (Å²) in [6.45, 7) is 1.77. The van der Waals surface area contributed by atoms with Gasteiger partial charge in [-0.1, -0.05) is 0 Å². The molecule has 1 rings (SSSR count). The molecule has 0 fully saturated rings. The Labute approximate surface area is 77.3 Å². The molecule has 0 unspecified atom stereocenters. The predicted octanol–water partition coefficient (Wildman–Crippen LogP) is -0.00640. The Morgan fingerprint density at radius 3 is 3.15 bits per heavy atom. The maximum absolute atomic E-state index is 5.43. The Morgan fingerprint density at radius 1 is 1.62 bits per heavy atom. The third-order valence-electron chi connectivity index (χ3n) is 1.51. The van der Waals surface area contributed by atoms with E-state index in [0.717, 1.165) is 5.69 Å². The van der Waals surface area contributed by atoms with Crippen molar-refractivity contribution in [3.8, 4) is 0 Å². The summed E-state index contributed by atoms with van der Waals surface area (Å²) in [7, 11) is 1.65. The van der Waals surface area contributed by atoms with E-state index in [4.69, 9.17) is 10.5 Å². The first kappa shape index (κ1) is 9.88. The summed E-state index contributed by atoms with van der Waals surface area (Å²) < 4.78 is 4.88. The van der Waals surface area contributed by atoms with Gasteiger partial charge < -0.3 is 15.8 Å². The molecule has 1 heterocycles. The van der Waals surface area contributed by atoms with E-state index < -0.39 is 0 Å². The van der Waals surface area contributed by atoms with Crippen LogP contribution in [0.5, 0.6) is 0 Å². The second-order valence-electron chi connectivity index (χ2n) is 2.50.